The van der Waals surface area contributed by atoms with Crippen molar-refractivity contribution in [2.45, 2.75) is 70.2 Å². The van der Waals surface area contributed by atoms with E-state index in [1.165, 1.54) is 31.4 Å². The van der Waals surface area contributed by atoms with Gasteiger partial charge in [0.2, 0.25) is 15.9 Å². The fourth-order valence-electron chi connectivity index (χ4n) is 2.21. The van der Waals surface area contributed by atoms with E-state index in [9.17, 15) is 13.2 Å². The smallest absolute Gasteiger partial charge is 0.240 e. The van der Waals surface area contributed by atoms with Gasteiger partial charge in [0.15, 0.2) is 0 Å². The summed E-state index contributed by atoms with van der Waals surface area (Å²) in [7, 11) is -3.49. The quantitative estimate of drug-likeness (QED) is 0.638. The molecule has 0 fully saturated rings. The zero-order valence-corrected chi connectivity index (χ0v) is 15.1. The SMILES string of the molecule is CCCCCCCC(=O)Nc1ccc(S(=O)(=O)NC(C)C)cc1. The molecule has 1 rings (SSSR count). The molecule has 0 bridgehead atoms. The molecule has 0 spiro atoms. The predicted octanol–water partition coefficient (Wildman–Crippen LogP) is 3.67. The van der Waals surface area contributed by atoms with E-state index >= 15 is 0 Å². The lowest BCUT2D eigenvalue weighted by Crippen LogP contribution is -2.30. The van der Waals surface area contributed by atoms with Gasteiger partial charge in [0.25, 0.3) is 0 Å². The first-order valence-electron chi connectivity index (χ1n) is 8.27. The molecule has 5 nitrogen and oxygen atoms in total. The Labute approximate surface area is 139 Å². The van der Waals surface area contributed by atoms with Crippen molar-refractivity contribution < 1.29 is 13.2 Å². The van der Waals surface area contributed by atoms with Crippen molar-refractivity contribution in [2.24, 2.45) is 0 Å². The maximum absolute atomic E-state index is 12.0. The summed E-state index contributed by atoms with van der Waals surface area (Å²) < 4.78 is 26.5. The molecule has 23 heavy (non-hydrogen) atoms. The minimum Gasteiger partial charge on any atom is -0.326 e. The molecule has 0 saturated heterocycles. The molecule has 0 heterocycles. The van der Waals surface area contributed by atoms with Crippen molar-refractivity contribution in [3.63, 3.8) is 0 Å². The van der Waals surface area contributed by atoms with E-state index in [-0.39, 0.29) is 16.8 Å². The fourth-order valence-corrected chi connectivity index (χ4v) is 3.46. The lowest BCUT2D eigenvalue weighted by atomic mass is 10.1. The van der Waals surface area contributed by atoms with Crippen LogP contribution in [0.3, 0.4) is 0 Å². The third-order valence-electron chi connectivity index (χ3n) is 3.35. The van der Waals surface area contributed by atoms with Crippen molar-refractivity contribution in [1.29, 1.82) is 0 Å². The Morgan fingerprint density at radius 1 is 1.04 bits per heavy atom. The number of nitrogens with one attached hydrogen (secondary N) is 2. The summed E-state index contributed by atoms with van der Waals surface area (Å²) in [6, 6.07) is 6.07. The van der Waals surface area contributed by atoms with Crippen LogP contribution in [0.1, 0.15) is 59.3 Å². The van der Waals surface area contributed by atoms with Crippen molar-refractivity contribution in [3.8, 4) is 0 Å². The highest BCUT2D eigenvalue weighted by molar-refractivity contribution is 7.89. The molecule has 6 heteroatoms. The van der Waals surface area contributed by atoms with Crippen LogP contribution in [0, 0.1) is 0 Å². The maximum Gasteiger partial charge on any atom is 0.240 e. The van der Waals surface area contributed by atoms with Gasteiger partial charge in [-0.1, -0.05) is 32.6 Å². The molecule has 0 aromatic heterocycles. The summed E-state index contributed by atoms with van der Waals surface area (Å²) in [6.45, 7) is 5.70. The van der Waals surface area contributed by atoms with Gasteiger partial charge in [-0.25, -0.2) is 13.1 Å². The van der Waals surface area contributed by atoms with E-state index in [0.29, 0.717) is 12.1 Å². The number of amides is 1. The summed E-state index contributed by atoms with van der Waals surface area (Å²) in [5, 5.41) is 2.80. The van der Waals surface area contributed by atoms with Crippen LogP contribution in [0.5, 0.6) is 0 Å². The van der Waals surface area contributed by atoms with Crippen LogP contribution in [0.4, 0.5) is 5.69 Å². The van der Waals surface area contributed by atoms with E-state index in [1.54, 1.807) is 26.0 Å². The summed E-state index contributed by atoms with van der Waals surface area (Å²) >= 11 is 0. The summed E-state index contributed by atoms with van der Waals surface area (Å²) in [6.07, 6.45) is 6.02. The van der Waals surface area contributed by atoms with Gasteiger partial charge in [0.05, 0.1) is 4.90 Å². The van der Waals surface area contributed by atoms with Crippen LogP contribution in [0.2, 0.25) is 0 Å². The topological polar surface area (TPSA) is 75.3 Å². The Morgan fingerprint density at radius 2 is 1.65 bits per heavy atom. The van der Waals surface area contributed by atoms with Gasteiger partial charge in [0, 0.05) is 18.2 Å². The molecule has 0 atom stereocenters. The number of sulfonamides is 1. The van der Waals surface area contributed by atoms with Crippen molar-refractivity contribution >= 4 is 21.6 Å². The maximum atomic E-state index is 12.0. The molecule has 1 aromatic carbocycles. The van der Waals surface area contributed by atoms with Crippen molar-refractivity contribution in [3.05, 3.63) is 24.3 Å². The van der Waals surface area contributed by atoms with Gasteiger partial charge in [-0.05, 0) is 44.5 Å². The first-order chi connectivity index (χ1) is 10.8. The highest BCUT2D eigenvalue weighted by Crippen LogP contribution is 2.15. The third kappa shape index (κ3) is 7.61. The molecule has 1 aromatic rings. The Bertz CT molecular complexity index is 580. The largest absolute Gasteiger partial charge is 0.326 e. The minimum absolute atomic E-state index is 0.0302. The number of benzene rings is 1. The molecule has 0 aliphatic rings. The number of carbonyl (C=O) groups excluding carboxylic acids is 1. The van der Waals surface area contributed by atoms with Crippen LogP contribution in [-0.2, 0) is 14.8 Å². The van der Waals surface area contributed by atoms with E-state index in [4.69, 9.17) is 0 Å². The first kappa shape index (κ1) is 19.6. The highest BCUT2D eigenvalue weighted by Gasteiger charge is 2.15. The molecular formula is C17H28N2O3S. The van der Waals surface area contributed by atoms with E-state index < -0.39 is 10.0 Å². The summed E-state index contributed by atoms with van der Waals surface area (Å²) in [5.41, 5.74) is 0.618. The Balaban J connectivity index is 2.49. The van der Waals surface area contributed by atoms with Gasteiger partial charge in [0.1, 0.15) is 0 Å². The second kappa shape index (κ2) is 9.67. The fraction of sp³-hybridized carbons (Fsp3) is 0.588. The van der Waals surface area contributed by atoms with Gasteiger partial charge < -0.3 is 5.32 Å². The highest BCUT2D eigenvalue weighted by atomic mass is 32.2. The monoisotopic (exact) mass is 340 g/mol. The van der Waals surface area contributed by atoms with Crippen LogP contribution in [0.15, 0.2) is 29.2 Å². The first-order valence-corrected chi connectivity index (χ1v) is 9.75. The molecular weight excluding hydrogens is 312 g/mol. The summed E-state index contributed by atoms with van der Waals surface area (Å²) in [5.74, 6) is -0.0302. The molecule has 0 saturated carbocycles. The zero-order valence-electron chi connectivity index (χ0n) is 14.3. The molecule has 0 aliphatic carbocycles. The molecule has 1 amide bonds. The molecule has 0 aliphatic heterocycles. The van der Waals surface area contributed by atoms with Gasteiger partial charge in [-0.15, -0.1) is 0 Å². The van der Waals surface area contributed by atoms with Gasteiger partial charge >= 0.3 is 0 Å². The second-order valence-electron chi connectivity index (χ2n) is 6.01. The van der Waals surface area contributed by atoms with Crippen LogP contribution < -0.4 is 10.0 Å². The Kier molecular flexibility index (Phi) is 8.26. The average Bonchev–Trinajstić information content (AvgIpc) is 2.46. The lowest BCUT2D eigenvalue weighted by Gasteiger charge is -2.10. The average molecular weight is 340 g/mol. The standard InChI is InChI=1S/C17H28N2O3S/c1-4-5-6-7-8-9-17(20)18-15-10-12-16(13-11-15)23(21,22)19-14(2)3/h10-14,19H,4-9H2,1-3H3,(H,18,20). The van der Waals surface area contributed by atoms with Gasteiger partial charge in [-0.2, -0.15) is 0 Å². The lowest BCUT2D eigenvalue weighted by molar-refractivity contribution is -0.116. The number of anilines is 1. The van der Waals surface area contributed by atoms with Crippen molar-refractivity contribution in [2.75, 3.05) is 5.32 Å². The number of hydrogen-bond donors (Lipinski definition) is 2. The molecule has 130 valence electrons. The van der Waals surface area contributed by atoms with E-state index in [2.05, 4.69) is 17.0 Å². The number of carbonyl (C=O) groups is 1. The normalized spacial score (nSPS) is 11.7. The van der Waals surface area contributed by atoms with Crippen LogP contribution in [0.25, 0.3) is 0 Å². The number of hydrogen-bond acceptors (Lipinski definition) is 3. The van der Waals surface area contributed by atoms with Crippen LogP contribution in [-0.4, -0.2) is 20.4 Å². The zero-order chi connectivity index (χ0) is 17.3. The number of rotatable bonds is 10. The Morgan fingerprint density at radius 3 is 2.22 bits per heavy atom. The Hall–Kier alpha value is -1.40. The van der Waals surface area contributed by atoms with E-state index in [1.807, 2.05) is 0 Å². The second-order valence-corrected chi connectivity index (χ2v) is 7.73. The summed E-state index contributed by atoms with van der Waals surface area (Å²) in [4.78, 5) is 12.0. The van der Waals surface area contributed by atoms with Crippen molar-refractivity contribution in [1.82, 2.24) is 4.72 Å². The van der Waals surface area contributed by atoms with Crippen LogP contribution >= 0.6 is 0 Å². The predicted molar refractivity (Wildman–Crippen MR) is 93.9 cm³/mol. The number of unbranched alkanes of at least 4 members (excludes halogenated alkanes) is 4. The minimum atomic E-state index is -3.49. The molecule has 0 unspecified atom stereocenters. The van der Waals surface area contributed by atoms with Gasteiger partial charge in [-0.3, -0.25) is 4.79 Å². The van der Waals surface area contributed by atoms with E-state index in [0.717, 1.165) is 12.8 Å². The molecule has 0 radical (unpaired) electrons. The third-order valence-corrected chi connectivity index (χ3v) is 5.02. The molecule has 2 N–H and O–H groups in total.